The smallest absolute Gasteiger partial charge is 0.420 e. The summed E-state index contributed by atoms with van der Waals surface area (Å²) < 4.78 is 10.7. The lowest BCUT2D eigenvalue weighted by Crippen LogP contribution is -2.38. The number of fused-ring (bicyclic) bond motifs is 1. The first kappa shape index (κ1) is 24.5. The summed E-state index contributed by atoms with van der Waals surface area (Å²) in [6, 6.07) is 22.0. The number of nitrogens with zero attached hydrogens (tertiary/aromatic N) is 3. The highest BCUT2D eigenvalue weighted by Gasteiger charge is 2.23. The van der Waals surface area contributed by atoms with E-state index in [1.54, 1.807) is 49.4 Å². The standard InChI is InChI=1S/C28H26N4O4/c1-3-35-26(33)18-32(22-7-5-4-6-8-22)28(34)36-24-15-14-23-27(19(24)2)31-25(30-23)16-13-20-9-11-21(17-29)12-10-20/h4-12,14-15H,3,13,16,18H2,1-2H3,(H,30,31). The van der Waals surface area contributed by atoms with Gasteiger partial charge in [-0.2, -0.15) is 5.26 Å². The zero-order valence-electron chi connectivity index (χ0n) is 20.2. The van der Waals surface area contributed by atoms with E-state index in [0.717, 1.165) is 23.3 Å². The minimum Gasteiger partial charge on any atom is -0.465 e. The average Bonchev–Trinajstić information content (AvgIpc) is 3.32. The van der Waals surface area contributed by atoms with E-state index in [1.165, 1.54) is 4.90 Å². The summed E-state index contributed by atoms with van der Waals surface area (Å²) in [7, 11) is 0. The number of amides is 1. The first-order valence-corrected chi connectivity index (χ1v) is 11.7. The second-order valence-electron chi connectivity index (χ2n) is 8.17. The monoisotopic (exact) mass is 482 g/mol. The molecule has 4 aromatic rings. The summed E-state index contributed by atoms with van der Waals surface area (Å²) in [5.41, 5.74) is 4.54. The minimum absolute atomic E-state index is 0.221. The number of anilines is 1. The maximum Gasteiger partial charge on any atom is 0.420 e. The molecule has 0 spiro atoms. The second kappa shape index (κ2) is 11.2. The third-order valence-electron chi connectivity index (χ3n) is 5.72. The van der Waals surface area contributed by atoms with Gasteiger partial charge in [0.25, 0.3) is 0 Å². The number of rotatable bonds is 8. The number of carbonyl (C=O) groups excluding carboxylic acids is 2. The summed E-state index contributed by atoms with van der Waals surface area (Å²) in [6.45, 7) is 3.51. The van der Waals surface area contributed by atoms with E-state index in [9.17, 15) is 9.59 Å². The molecule has 0 radical (unpaired) electrons. The topological polar surface area (TPSA) is 108 Å². The molecule has 1 heterocycles. The van der Waals surface area contributed by atoms with Crippen LogP contribution in [0.15, 0.2) is 66.7 Å². The van der Waals surface area contributed by atoms with E-state index < -0.39 is 12.1 Å². The Bertz CT molecular complexity index is 1410. The summed E-state index contributed by atoms with van der Waals surface area (Å²) in [4.78, 5) is 34.5. The summed E-state index contributed by atoms with van der Waals surface area (Å²) in [6.07, 6.45) is 0.774. The molecule has 1 N–H and O–H groups in total. The van der Waals surface area contributed by atoms with Gasteiger partial charge in [0, 0.05) is 17.7 Å². The molecule has 8 heteroatoms. The lowest BCUT2D eigenvalue weighted by atomic mass is 10.1. The second-order valence-corrected chi connectivity index (χ2v) is 8.17. The molecule has 0 bridgehead atoms. The Morgan fingerprint density at radius 3 is 2.47 bits per heavy atom. The van der Waals surface area contributed by atoms with Gasteiger partial charge >= 0.3 is 12.1 Å². The van der Waals surface area contributed by atoms with Crippen LogP contribution in [-0.4, -0.2) is 35.2 Å². The number of aromatic nitrogens is 2. The molecule has 36 heavy (non-hydrogen) atoms. The third-order valence-corrected chi connectivity index (χ3v) is 5.72. The number of ether oxygens (including phenoxy) is 2. The molecule has 3 aromatic carbocycles. The highest BCUT2D eigenvalue weighted by molar-refractivity contribution is 5.95. The van der Waals surface area contributed by atoms with Crippen molar-refractivity contribution in [2.75, 3.05) is 18.1 Å². The molecule has 0 aliphatic rings. The highest BCUT2D eigenvalue weighted by Crippen LogP contribution is 2.27. The molecule has 0 aliphatic carbocycles. The number of aryl methyl sites for hydroxylation is 3. The summed E-state index contributed by atoms with van der Waals surface area (Å²) in [5, 5.41) is 8.95. The number of nitrogens with one attached hydrogen (secondary N) is 1. The van der Waals surface area contributed by atoms with Crippen molar-refractivity contribution in [2.45, 2.75) is 26.7 Å². The van der Waals surface area contributed by atoms with Crippen LogP contribution in [0.4, 0.5) is 10.5 Å². The molecule has 0 saturated heterocycles. The summed E-state index contributed by atoms with van der Waals surface area (Å²) >= 11 is 0. The number of carbonyl (C=O) groups is 2. The van der Waals surface area contributed by atoms with Gasteiger partial charge in [0.2, 0.25) is 0 Å². The van der Waals surface area contributed by atoms with Gasteiger partial charge in [-0.05, 0) is 62.2 Å². The number of aromatic amines is 1. The van der Waals surface area contributed by atoms with Gasteiger partial charge in [0.05, 0.1) is 29.3 Å². The van der Waals surface area contributed by atoms with E-state index >= 15 is 0 Å². The van der Waals surface area contributed by atoms with Crippen LogP contribution in [0.25, 0.3) is 11.0 Å². The zero-order chi connectivity index (χ0) is 25.5. The van der Waals surface area contributed by atoms with Crippen molar-refractivity contribution in [1.29, 1.82) is 5.26 Å². The molecule has 0 atom stereocenters. The number of hydrogen-bond donors (Lipinski definition) is 1. The number of imidazole rings is 1. The number of hydrogen-bond acceptors (Lipinski definition) is 6. The lowest BCUT2D eigenvalue weighted by Gasteiger charge is -2.21. The van der Waals surface area contributed by atoms with Crippen molar-refractivity contribution in [3.8, 4) is 11.8 Å². The number of benzene rings is 3. The van der Waals surface area contributed by atoms with Gasteiger partial charge in [-0.25, -0.2) is 9.78 Å². The van der Waals surface area contributed by atoms with Crippen molar-refractivity contribution in [3.05, 3.63) is 89.2 Å². The number of para-hydroxylation sites is 1. The molecule has 0 aliphatic heterocycles. The fourth-order valence-corrected chi connectivity index (χ4v) is 3.84. The highest BCUT2D eigenvalue weighted by atomic mass is 16.6. The van der Waals surface area contributed by atoms with E-state index in [4.69, 9.17) is 19.7 Å². The van der Waals surface area contributed by atoms with Gasteiger partial charge < -0.3 is 14.5 Å². The fourth-order valence-electron chi connectivity index (χ4n) is 3.84. The summed E-state index contributed by atoms with van der Waals surface area (Å²) in [5.74, 6) is 0.654. The maximum absolute atomic E-state index is 13.1. The molecule has 8 nitrogen and oxygen atoms in total. The Morgan fingerprint density at radius 1 is 1.03 bits per heavy atom. The van der Waals surface area contributed by atoms with Gasteiger partial charge in [-0.15, -0.1) is 0 Å². The first-order valence-electron chi connectivity index (χ1n) is 11.7. The molecule has 0 saturated carbocycles. The minimum atomic E-state index is -0.687. The van der Waals surface area contributed by atoms with Gasteiger partial charge in [0.1, 0.15) is 18.1 Å². The number of H-pyrrole nitrogens is 1. The van der Waals surface area contributed by atoms with Crippen molar-refractivity contribution in [2.24, 2.45) is 0 Å². The van der Waals surface area contributed by atoms with E-state index in [0.29, 0.717) is 34.5 Å². The molecule has 0 unspecified atom stereocenters. The van der Waals surface area contributed by atoms with Crippen LogP contribution in [0.5, 0.6) is 5.75 Å². The van der Waals surface area contributed by atoms with E-state index in [1.807, 2.05) is 31.2 Å². The van der Waals surface area contributed by atoms with Crippen LogP contribution in [0.2, 0.25) is 0 Å². The Kier molecular flexibility index (Phi) is 7.61. The normalized spacial score (nSPS) is 10.6. The molecule has 1 amide bonds. The Morgan fingerprint density at radius 2 is 1.78 bits per heavy atom. The van der Waals surface area contributed by atoms with Crippen LogP contribution in [0.3, 0.4) is 0 Å². The van der Waals surface area contributed by atoms with Crippen molar-refractivity contribution >= 4 is 28.8 Å². The molecular formula is C28H26N4O4. The predicted octanol–water partition coefficient (Wildman–Crippen LogP) is 5.10. The average molecular weight is 483 g/mol. The zero-order valence-corrected chi connectivity index (χ0v) is 20.2. The van der Waals surface area contributed by atoms with Crippen LogP contribution in [-0.2, 0) is 22.4 Å². The maximum atomic E-state index is 13.1. The predicted molar refractivity (Wildman–Crippen MR) is 136 cm³/mol. The largest absolute Gasteiger partial charge is 0.465 e. The quantitative estimate of drug-likeness (QED) is 0.350. The van der Waals surface area contributed by atoms with E-state index in [2.05, 4.69) is 11.1 Å². The SMILES string of the molecule is CCOC(=O)CN(C(=O)Oc1ccc2[nH]c(CCc3ccc(C#N)cc3)nc2c1C)c1ccccc1. The molecule has 1 aromatic heterocycles. The van der Waals surface area contributed by atoms with Crippen molar-refractivity contribution < 1.29 is 19.1 Å². The Balaban J connectivity index is 1.51. The first-order chi connectivity index (χ1) is 17.5. The van der Waals surface area contributed by atoms with Gasteiger partial charge in [-0.3, -0.25) is 9.69 Å². The number of nitriles is 1. The molecule has 4 rings (SSSR count). The van der Waals surface area contributed by atoms with Gasteiger partial charge in [-0.1, -0.05) is 30.3 Å². The van der Waals surface area contributed by atoms with Crippen LogP contribution in [0.1, 0.15) is 29.4 Å². The van der Waals surface area contributed by atoms with Crippen LogP contribution in [0, 0.1) is 18.3 Å². The molecular weight excluding hydrogens is 456 g/mol. The van der Waals surface area contributed by atoms with Gasteiger partial charge in [0.15, 0.2) is 0 Å². The van der Waals surface area contributed by atoms with Crippen molar-refractivity contribution in [1.82, 2.24) is 9.97 Å². The Hall–Kier alpha value is -4.64. The van der Waals surface area contributed by atoms with Crippen LogP contribution < -0.4 is 9.64 Å². The van der Waals surface area contributed by atoms with E-state index in [-0.39, 0.29) is 13.2 Å². The fraction of sp³-hybridized carbons (Fsp3) is 0.214. The third kappa shape index (κ3) is 5.70. The Labute approximate surface area is 209 Å². The molecule has 182 valence electrons. The van der Waals surface area contributed by atoms with Crippen molar-refractivity contribution in [3.63, 3.8) is 0 Å². The lowest BCUT2D eigenvalue weighted by molar-refractivity contribution is -0.141. The molecule has 0 fully saturated rings. The van der Waals surface area contributed by atoms with Crippen LogP contribution >= 0.6 is 0 Å². The number of esters is 1.